The molecule has 2 unspecified atom stereocenters. The van der Waals surface area contributed by atoms with Crippen molar-refractivity contribution in [1.29, 1.82) is 0 Å². The summed E-state index contributed by atoms with van der Waals surface area (Å²) in [6, 6.07) is 6.61. The van der Waals surface area contributed by atoms with Crippen LogP contribution in [0.3, 0.4) is 0 Å². The Hall–Kier alpha value is -1.98. The van der Waals surface area contributed by atoms with Crippen LogP contribution in [0.2, 0.25) is 0 Å². The molecule has 0 amide bonds. The Balaban J connectivity index is 3.11. The quantitative estimate of drug-likeness (QED) is 0.580. The molecule has 92 valence electrons. The van der Waals surface area contributed by atoms with E-state index < -0.39 is 27.8 Å². The minimum absolute atomic E-state index is 0.475. The highest BCUT2D eigenvalue weighted by molar-refractivity contribution is 5.21. The van der Waals surface area contributed by atoms with Gasteiger partial charge in [-0.2, -0.15) is 0 Å². The van der Waals surface area contributed by atoms with Crippen LogP contribution in [0.4, 0.5) is 0 Å². The van der Waals surface area contributed by atoms with Crippen molar-refractivity contribution in [3.63, 3.8) is 0 Å². The molecule has 1 aromatic rings. The second kappa shape index (κ2) is 5.38. The molecule has 2 atom stereocenters. The van der Waals surface area contributed by atoms with Crippen LogP contribution < -0.4 is 0 Å². The van der Waals surface area contributed by atoms with Crippen LogP contribution >= 0.6 is 0 Å². The first-order valence-electron chi connectivity index (χ1n) is 5.27. The van der Waals surface area contributed by atoms with Gasteiger partial charge in [-0.15, -0.1) is 0 Å². The summed E-state index contributed by atoms with van der Waals surface area (Å²) in [5.74, 6) is -0.721. The largest absolute Gasteiger partial charge is 0.264 e. The summed E-state index contributed by atoms with van der Waals surface area (Å²) in [6.45, 7) is 2.80. The topological polar surface area (TPSA) is 86.3 Å². The van der Waals surface area contributed by atoms with E-state index in [1.165, 1.54) is 13.8 Å². The smallest absolute Gasteiger partial charge is 0.223 e. The van der Waals surface area contributed by atoms with Crippen molar-refractivity contribution in [2.75, 3.05) is 0 Å². The molecule has 17 heavy (non-hydrogen) atoms. The molecule has 0 N–H and O–H groups in total. The van der Waals surface area contributed by atoms with Gasteiger partial charge in [0.25, 0.3) is 0 Å². The summed E-state index contributed by atoms with van der Waals surface area (Å²) >= 11 is 0. The van der Waals surface area contributed by atoms with E-state index in [-0.39, 0.29) is 0 Å². The van der Waals surface area contributed by atoms with Gasteiger partial charge in [-0.05, 0) is 5.56 Å². The molecule has 0 fully saturated rings. The number of hydrogen-bond donors (Lipinski definition) is 0. The van der Waals surface area contributed by atoms with Crippen molar-refractivity contribution in [3.8, 4) is 0 Å². The molecule has 1 rings (SSSR count). The SMILES string of the molecule is CC(C(c1ccccc1)C(C)[N+](=O)[O-])[N+](=O)[O-]. The van der Waals surface area contributed by atoms with Crippen LogP contribution in [0.5, 0.6) is 0 Å². The molecule has 0 radical (unpaired) electrons. The Labute approximate surface area is 98.6 Å². The van der Waals surface area contributed by atoms with Crippen LogP contribution in [-0.4, -0.2) is 21.9 Å². The lowest BCUT2D eigenvalue weighted by Crippen LogP contribution is -2.35. The van der Waals surface area contributed by atoms with Crippen molar-refractivity contribution in [3.05, 3.63) is 56.1 Å². The molecule has 0 aliphatic rings. The molecule has 0 bridgehead atoms. The summed E-state index contributed by atoms with van der Waals surface area (Å²) in [4.78, 5) is 20.7. The van der Waals surface area contributed by atoms with E-state index >= 15 is 0 Å². The zero-order chi connectivity index (χ0) is 13.0. The van der Waals surface area contributed by atoms with Gasteiger partial charge in [0, 0.05) is 23.7 Å². The average Bonchev–Trinajstić information content (AvgIpc) is 2.30. The molecule has 6 heteroatoms. The van der Waals surface area contributed by atoms with Gasteiger partial charge in [-0.3, -0.25) is 20.2 Å². The molecular weight excluding hydrogens is 224 g/mol. The predicted octanol–water partition coefficient (Wildman–Crippen LogP) is 2.10. The van der Waals surface area contributed by atoms with Gasteiger partial charge < -0.3 is 0 Å². The first-order valence-corrected chi connectivity index (χ1v) is 5.27. The summed E-state index contributed by atoms with van der Waals surface area (Å²) in [6.07, 6.45) is 0. The van der Waals surface area contributed by atoms with Crippen LogP contribution in [0.15, 0.2) is 30.3 Å². The highest BCUT2D eigenvalue weighted by Crippen LogP contribution is 2.26. The molecule has 0 heterocycles. The molecule has 0 aliphatic heterocycles. The molecule has 0 saturated heterocycles. The van der Waals surface area contributed by atoms with Gasteiger partial charge in [0.1, 0.15) is 5.92 Å². The van der Waals surface area contributed by atoms with Crippen molar-refractivity contribution in [2.45, 2.75) is 31.8 Å². The summed E-state index contributed by atoms with van der Waals surface area (Å²) < 4.78 is 0. The lowest BCUT2D eigenvalue weighted by molar-refractivity contribution is -0.561. The van der Waals surface area contributed by atoms with E-state index in [4.69, 9.17) is 0 Å². The lowest BCUT2D eigenvalue weighted by atomic mass is 9.87. The van der Waals surface area contributed by atoms with E-state index in [2.05, 4.69) is 0 Å². The highest BCUT2D eigenvalue weighted by atomic mass is 16.6. The van der Waals surface area contributed by atoms with Gasteiger partial charge in [0.05, 0.1) is 0 Å². The zero-order valence-corrected chi connectivity index (χ0v) is 9.65. The summed E-state index contributed by atoms with van der Waals surface area (Å²) in [7, 11) is 0. The molecule has 0 aromatic heterocycles. The van der Waals surface area contributed by atoms with Crippen molar-refractivity contribution < 1.29 is 9.85 Å². The van der Waals surface area contributed by atoms with Gasteiger partial charge in [-0.1, -0.05) is 30.3 Å². The minimum atomic E-state index is -0.988. The fourth-order valence-corrected chi connectivity index (χ4v) is 1.90. The van der Waals surface area contributed by atoms with Gasteiger partial charge in [0.15, 0.2) is 0 Å². The first-order chi connectivity index (χ1) is 7.95. The van der Waals surface area contributed by atoms with Gasteiger partial charge in [0.2, 0.25) is 12.1 Å². The zero-order valence-electron chi connectivity index (χ0n) is 9.65. The first kappa shape index (κ1) is 13.1. The predicted molar refractivity (Wildman–Crippen MR) is 62.1 cm³/mol. The van der Waals surface area contributed by atoms with Crippen molar-refractivity contribution in [1.82, 2.24) is 0 Å². The number of benzene rings is 1. The fraction of sp³-hybridized carbons (Fsp3) is 0.455. The average molecular weight is 238 g/mol. The number of hydrogen-bond acceptors (Lipinski definition) is 4. The second-order valence-electron chi connectivity index (χ2n) is 3.99. The fourth-order valence-electron chi connectivity index (χ4n) is 1.90. The van der Waals surface area contributed by atoms with E-state index in [0.717, 1.165) is 0 Å². The molecule has 6 nitrogen and oxygen atoms in total. The maximum absolute atomic E-state index is 10.8. The van der Waals surface area contributed by atoms with Crippen LogP contribution in [0, 0.1) is 20.2 Å². The Kier molecular flexibility index (Phi) is 4.14. The van der Waals surface area contributed by atoms with E-state index in [0.29, 0.717) is 5.56 Å². The van der Waals surface area contributed by atoms with Crippen molar-refractivity contribution >= 4 is 0 Å². The van der Waals surface area contributed by atoms with E-state index in [1.54, 1.807) is 30.3 Å². The number of rotatable bonds is 5. The Morgan fingerprint density at radius 3 is 1.71 bits per heavy atom. The Bertz CT molecular complexity index is 387. The monoisotopic (exact) mass is 238 g/mol. The van der Waals surface area contributed by atoms with Crippen LogP contribution in [0.25, 0.3) is 0 Å². The third-order valence-electron chi connectivity index (χ3n) is 2.89. The lowest BCUT2D eigenvalue weighted by Gasteiger charge is -2.19. The molecule has 1 aromatic carbocycles. The highest BCUT2D eigenvalue weighted by Gasteiger charge is 2.39. The maximum atomic E-state index is 10.8. The second-order valence-corrected chi connectivity index (χ2v) is 3.99. The van der Waals surface area contributed by atoms with Crippen molar-refractivity contribution in [2.24, 2.45) is 0 Å². The Morgan fingerprint density at radius 2 is 1.35 bits per heavy atom. The standard InChI is InChI=1S/C11H14N2O4/c1-8(12(14)15)11(9(2)13(16)17)10-6-4-3-5-7-10/h3-9,11H,1-2H3. The van der Waals surface area contributed by atoms with Crippen LogP contribution in [-0.2, 0) is 0 Å². The van der Waals surface area contributed by atoms with E-state index in [9.17, 15) is 20.2 Å². The van der Waals surface area contributed by atoms with Crippen LogP contribution in [0.1, 0.15) is 25.3 Å². The summed E-state index contributed by atoms with van der Waals surface area (Å²) in [5, 5.41) is 21.6. The Morgan fingerprint density at radius 1 is 0.941 bits per heavy atom. The molecule has 0 spiro atoms. The van der Waals surface area contributed by atoms with E-state index in [1.807, 2.05) is 0 Å². The molecule has 0 aliphatic carbocycles. The maximum Gasteiger partial charge on any atom is 0.223 e. The molecular formula is C11H14N2O4. The van der Waals surface area contributed by atoms with Gasteiger partial charge in [-0.25, -0.2) is 0 Å². The third-order valence-corrected chi connectivity index (χ3v) is 2.89. The normalized spacial score (nSPS) is 15.9. The summed E-state index contributed by atoms with van der Waals surface area (Å²) in [5.41, 5.74) is 0.626. The third kappa shape index (κ3) is 2.99. The molecule has 0 saturated carbocycles. The minimum Gasteiger partial charge on any atom is -0.264 e. The number of nitrogens with zero attached hydrogens (tertiary/aromatic N) is 2. The van der Waals surface area contributed by atoms with Gasteiger partial charge >= 0.3 is 0 Å². The number of nitro groups is 2.